The Morgan fingerprint density at radius 2 is 2.06 bits per heavy atom. The highest BCUT2D eigenvalue weighted by molar-refractivity contribution is 7.63. The lowest BCUT2D eigenvalue weighted by atomic mass is 10.1. The number of aromatic nitrogens is 6. The number of imidazole rings is 2. The van der Waals surface area contributed by atoms with Crippen molar-refractivity contribution in [1.29, 1.82) is 0 Å². The van der Waals surface area contributed by atoms with Gasteiger partial charge in [0.25, 0.3) is 11.5 Å². The molecule has 6 unspecified atom stereocenters. The molecule has 0 amide bonds. The van der Waals surface area contributed by atoms with Crippen molar-refractivity contribution in [3.8, 4) is 0 Å². The molecule has 33 heavy (non-hydrogen) atoms. The average molecular weight is 508 g/mol. The molecular formula is C14H20N7O10P2+. The fourth-order valence-electron chi connectivity index (χ4n) is 3.32. The summed E-state index contributed by atoms with van der Waals surface area (Å²) >= 11 is 0. The van der Waals surface area contributed by atoms with E-state index in [1.165, 1.54) is 22.5 Å². The molecule has 3 aromatic heterocycles. The molecule has 180 valence electrons. The molecule has 19 heteroatoms. The first-order valence-electron chi connectivity index (χ1n) is 9.17. The number of phosphoric ester groups is 1. The summed E-state index contributed by atoms with van der Waals surface area (Å²) in [7, 11) is -8.37. The Morgan fingerprint density at radius 3 is 2.73 bits per heavy atom. The third kappa shape index (κ3) is 4.50. The summed E-state index contributed by atoms with van der Waals surface area (Å²) < 4.78 is 42.1. The molecule has 1 fully saturated rings. The van der Waals surface area contributed by atoms with Crippen LogP contribution in [0.15, 0.2) is 29.8 Å². The van der Waals surface area contributed by atoms with Gasteiger partial charge in [-0.2, -0.15) is 4.31 Å². The zero-order valence-corrected chi connectivity index (χ0v) is 18.6. The lowest BCUT2D eigenvalue weighted by Crippen LogP contribution is -2.46. The highest BCUT2D eigenvalue weighted by Crippen LogP contribution is 2.60. The number of rotatable bonds is 7. The molecule has 17 nitrogen and oxygen atoms in total. The number of nitrogens with one attached hydrogen (secondary N) is 1. The minimum Gasteiger partial charge on any atom is -0.387 e. The highest BCUT2D eigenvalue weighted by Gasteiger charge is 2.48. The van der Waals surface area contributed by atoms with E-state index in [-0.39, 0.29) is 17.1 Å². The van der Waals surface area contributed by atoms with Gasteiger partial charge in [-0.15, -0.1) is 0 Å². The zero-order valence-electron chi connectivity index (χ0n) is 16.8. The molecule has 0 spiro atoms. The SMILES string of the molecule is Cn1c[n+](C2OC(COP(=O)(O)OP(=O)(O)n3ccnc3)C(O)C2O)c2nc(N)[nH]c(=O)c21. The molecular weight excluding hydrogens is 488 g/mol. The number of phosphoric acid groups is 1. The molecule has 6 atom stereocenters. The number of hydrogen-bond acceptors (Lipinski definition) is 11. The Bertz CT molecular complexity index is 1320. The van der Waals surface area contributed by atoms with Crippen molar-refractivity contribution in [2.75, 3.05) is 12.3 Å². The fraction of sp³-hybridized carbons (Fsp3) is 0.429. The summed E-state index contributed by atoms with van der Waals surface area (Å²) in [6.45, 7) is -0.798. The second-order valence-electron chi connectivity index (χ2n) is 7.08. The van der Waals surface area contributed by atoms with Crippen molar-refractivity contribution in [2.24, 2.45) is 7.05 Å². The Balaban J connectivity index is 1.51. The third-order valence-corrected chi connectivity index (χ3v) is 7.77. The van der Waals surface area contributed by atoms with E-state index in [2.05, 4.69) is 19.3 Å². The van der Waals surface area contributed by atoms with Gasteiger partial charge in [-0.05, 0) is 0 Å². The number of aliphatic hydroxyl groups excluding tert-OH is 2. The normalized spacial score (nSPS) is 26.9. The van der Waals surface area contributed by atoms with E-state index in [4.69, 9.17) is 15.0 Å². The molecule has 4 heterocycles. The summed E-state index contributed by atoms with van der Waals surface area (Å²) in [5.74, 6) is -0.190. The number of aryl methyl sites for hydroxylation is 1. The van der Waals surface area contributed by atoms with E-state index in [1.54, 1.807) is 0 Å². The van der Waals surface area contributed by atoms with Gasteiger partial charge in [0.15, 0.2) is 6.33 Å². The van der Waals surface area contributed by atoms with Crippen LogP contribution in [0.3, 0.4) is 0 Å². The van der Waals surface area contributed by atoms with Crippen molar-refractivity contribution in [3.63, 3.8) is 0 Å². The van der Waals surface area contributed by atoms with Crippen LogP contribution in [-0.2, 0) is 29.7 Å². The summed E-state index contributed by atoms with van der Waals surface area (Å²) in [5, 5.41) is 20.8. The molecule has 0 radical (unpaired) electrons. The topological polar surface area (TPSA) is 241 Å². The molecule has 7 N–H and O–H groups in total. The second-order valence-corrected chi connectivity index (χ2v) is 10.4. The summed E-state index contributed by atoms with van der Waals surface area (Å²) in [6.07, 6.45) is -1.33. The van der Waals surface area contributed by atoms with Crippen molar-refractivity contribution in [3.05, 3.63) is 35.4 Å². The standard InChI is InChI=1S/C14H19N7O10P2/c1-19-6-21(11-8(19)12(24)18-14(15)17-11)13-10(23)9(22)7(30-13)4-29-33(27,28)31-32(25,26)20-3-2-16-5-20/h2-3,5-7,9-10,13,22-23H,4H2,1H3,(H4-,15,17,18,24,25,26,27,28)/p+1. The number of nitrogen functional groups attached to an aromatic ring is 1. The third-order valence-electron chi connectivity index (χ3n) is 4.79. The summed E-state index contributed by atoms with van der Waals surface area (Å²) in [5.41, 5.74) is 5.21. The van der Waals surface area contributed by atoms with E-state index in [1.807, 2.05) is 0 Å². The lowest BCUT2D eigenvalue weighted by Gasteiger charge is -2.19. The molecule has 1 saturated heterocycles. The van der Waals surface area contributed by atoms with Crippen molar-refractivity contribution in [1.82, 2.24) is 23.9 Å². The number of nitrogens with zero attached hydrogens (tertiary/aromatic N) is 5. The number of aliphatic hydroxyl groups is 2. The first-order valence-corrected chi connectivity index (χ1v) is 12.2. The predicted molar refractivity (Wildman–Crippen MR) is 106 cm³/mol. The van der Waals surface area contributed by atoms with Crippen molar-refractivity contribution >= 4 is 32.7 Å². The number of nitrogens with two attached hydrogens (primary N) is 1. The molecule has 0 bridgehead atoms. The number of fused-ring (bicyclic) bond motifs is 1. The number of hydrogen-bond donors (Lipinski definition) is 6. The maximum absolute atomic E-state index is 12.2. The number of anilines is 1. The molecule has 1 aliphatic rings. The van der Waals surface area contributed by atoms with Crippen molar-refractivity contribution in [2.45, 2.75) is 24.5 Å². The van der Waals surface area contributed by atoms with Crippen LogP contribution in [-0.4, -0.2) is 68.8 Å². The molecule has 0 saturated carbocycles. The average Bonchev–Trinajstić information content (AvgIpc) is 3.41. The fourth-order valence-corrected chi connectivity index (χ4v) is 5.68. The van der Waals surface area contributed by atoms with Gasteiger partial charge in [0.2, 0.25) is 11.7 Å². The molecule has 0 aromatic carbocycles. The smallest absolute Gasteiger partial charge is 0.387 e. The van der Waals surface area contributed by atoms with Crippen LogP contribution in [0.25, 0.3) is 11.2 Å². The number of H-pyrrole nitrogens is 1. The van der Waals surface area contributed by atoms with Gasteiger partial charge >= 0.3 is 21.2 Å². The maximum atomic E-state index is 12.2. The molecule has 0 aliphatic carbocycles. The van der Waals surface area contributed by atoms with Gasteiger partial charge in [-0.3, -0.25) is 18.9 Å². The molecule has 1 aliphatic heterocycles. The van der Waals surface area contributed by atoms with Crippen LogP contribution in [0.2, 0.25) is 0 Å². The Kier molecular flexibility index (Phi) is 6.03. The van der Waals surface area contributed by atoms with E-state index >= 15 is 0 Å². The quantitative estimate of drug-likeness (QED) is 0.146. The van der Waals surface area contributed by atoms with Gasteiger partial charge in [-0.1, -0.05) is 4.98 Å². The van der Waals surface area contributed by atoms with E-state index in [0.29, 0.717) is 4.34 Å². The van der Waals surface area contributed by atoms with Gasteiger partial charge in [-0.25, -0.2) is 23.0 Å². The van der Waals surface area contributed by atoms with Gasteiger partial charge in [0, 0.05) is 12.4 Å². The van der Waals surface area contributed by atoms with Crippen LogP contribution in [0.5, 0.6) is 0 Å². The van der Waals surface area contributed by atoms with Crippen LogP contribution in [0, 0.1) is 0 Å². The maximum Gasteiger partial charge on any atom is 0.480 e. The van der Waals surface area contributed by atoms with Gasteiger partial charge in [0.1, 0.15) is 24.6 Å². The highest BCUT2D eigenvalue weighted by atomic mass is 31.3. The Hall–Kier alpha value is -2.46. The lowest BCUT2D eigenvalue weighted by molar-refractivity contribution is -0.745. The predicted octanol–water partition coefficient (Wildman–Crippen LogP) is -2.27. The van der Waals surface area contributed by atoms with Crippen LogP contribution < -0.4 is 15.9 Å². The van der Waals surface area contributed by atoms with Crippen molar-refractivity contribution < 1.29 is 47.3 Å². The Labute approximate surface area is 183 Å². The monoisotopic (exact) mass is 508 g/mol. The summed E-state index contributed by atoms with van der Waals surface area (Å²) in [4.78, 5) is 41.7. The zero-order chi connectivity index (χ0) is 24.1. The first-order chi connectivity index (χ1) is 15.4. The van der Waals surface area contributed by atoms with E-state index in [0.717, 1.165) is 18.7 Å². The summed E-state index contributed by atoms with van der Waals surface area (Å²) in [6, 6.07) is 0. The van der Waals surface area contributed by atoms with Gasteiger partial charge < -0.3 is 30.5 Å². The van der Waals surface area contributed by atoms with Gasteiger partial charge in [0.05, 0.1) is 13.7 Å². The van der Waals surface area contributed by atoms with Crippen LogP contribution in [0.4, 0.5) is 5.95 Å². The van der Waals surface area contributed by atoms with Crippen LogP contribution in [0.1, 0.15) is 6.23 Å². The minimum atomic E-state index is -5.11. The van der Waals surface area contributed by atoms with E-state index in [9.17, 15) is 33.9 Å². The first kappa shape index (κ1) is 23.7. The number of ether oxygens (including phenoxy) is 1. The minimum absolute atomic E-state index is 0.0503. The Morgan fingerprint density at radius 1 is 1.33 bits per heavy atom. The van der Waals surface area contributed by atoms with Crippen LogP contribution >= 0.6 is 15.6 Å². The second kappa shape index (κ2) is 8.39. The largest absolute Gasteiger partial charge is 0.480 e. The van der Waals surface area contributed by atoms with E-state index < -0.39 is 52.3 Å². The number of aromatic amines is 1. The molecule has 3 aromatic rings. The molecule has 4 rings (SSSR count).